The number of nitrogens with zero attached hydrogens (tertiary/aromatic N) is 1. The van der Waals surface area contributed by atoms with Crippen LogP contribution in [-0.2, 0) is 9.53 Å². The highest BCUT2D eigenvalue weighted by atomic mass is 32.1. The zero-order chi connectivity index (χ0) is 13.9. The van der Waals surface area contributed by atoms with Crippen LogP contribution < -0.4 is 5.32 Å². The van der Waals surface area contributed by atoms with Crippen molar-refractivity contribution in [3.05, 3.63) is 22.4 Å². The van der Waals surface area contributed by atoms with E-state index < -0.39 is 0 Å². The summed E-state index contributed by atoms with van der Waals surface area (Å²) in [5.74, 6) is -0.0789. The van der Waals surface area contributed by atoms with Gasteiger partial charge in [0.15, 0.2) is 0 Å². The van der Waals surface area contributed by atoms with E-state index in [9.17, 15) is 9.59 Å². The van der Waals surface area contributed by atoms with Crippen LogP contribution >= 0.6 is 11.3 Å². The van der Waals surface area contributed by atoms with Gasteiger partial charge >= 0.3 is 5.97 Å². The lowest BCUT2D eigenvalue weighted by atomic mass is 10.0. The number of nitrogens with one attached hydrogen (secondary N) is 1. The molecular formula is C14H18N2O3S. The van der Waals surface area contributed by atoms with Gasteiger partial charge in [0.1, 0.15) is 6.04 Å². The lowest BCUT2D eigenvalue weighted by molar-refractivity contribution is -0.142. The number of carbonyl (C=O) groups excluding carboxylic acids is 2. The summed E-state index contributed by atoms with van der Waals surface area (Å²) in [4.78, 5) is 26.5. The summed E-state index contributed by atoms with van der Waals surface area (Å²) < 4.78 is 5.01. The van der Waals surface area contributed by atoms with E-state index in [-0.39, 0.29) is 24.0 Å². The number of amides is 1. The number of likely N-dealkylation sites (tertiary alicyclic amines) is 1. The average Bonchev–Trinajstić information content (AvgIpc) is 3.11. The fourth-order valence-corrected chi connectivity index (χ4v) is 3.46. The van der Waals surface area contributed by atoms with Crippen LogP contribution in [0.5, 0.6) is 0 Å². The Bertz CT molecular complexity index is 481. The first kappa shape index (κ1) is 13.6. The van der Waals surface area contributed by atoms with Crippen molar-refractivity contribution in [2.24, 2.45) is 0 Å². The van der Waals surface area contributed by atoms with Crippen molar-refractivity contribution in [2.75, 3.05) is 19.7 Å². The second kappa shape index (κ2) is 5.93. The Morgan fingerprint density at radius 1 is 1.35 bits per heavy atom. The highest BCUT2D eigenvalue weighted by molar-refractivity contribution is 7.12. The van der Waals surface area contributed by atoms with Gasteiger partial charge in [-0.3, -0.25) is 14.5 Å². The predicted octanol–water partition coefficient (Wildman–Crippen LogP) is 1.26. The van der Waals surface area contributed by atoms with E-state index >= 15 is 0 Å². The molecule has 3 heterocycles. The number of thiophene rings is 1. The largest absolute Gasteiger partial charge is 0.464 e. The number of cyclic esters (lactones) is 1. The quantitative estimate of drug-likeness (QED) is 0.853. The summed E-state index contributed by atoms with van der Waals surface area (Å²) in [5.41, 5.74) is 0. The number of carbonyl (C=O) groups is 2. The van der Waals surface area contributed by atoms with Crippen LogP contribution in [0.25, 0.3) is 0 Å². The zero-order valence-corrected chi connectivity index (χ0v) is 12.0. The van der Waals surface area contributed by atoms with Gasteiger partial charge in [-0.1, -0.05) is 6.07 Å². The van der Waals surface area contributed by atoms with Gasteiger partial charge in [0.05, 0.1) is 11.5 Å². The molecule has 1 aromatic rings. The Labute approximate surface area is 121 Å². The molecule has 0 unspecified atom stereocenters. The molecule has 2 fully saturated rings. The Morgan fingerprint density at radius 3 is 2.75 bits per heavy atom. The fourth-order valence-electron chi connectivity index (χ4n) is 2.84. The highest BCUT2D eigenvalue weighted by Crippen LogP contribution is 2.20. The first-order valence-corrected chi connectivity index (χ1v) is 7.87. The molecule has 0 aromatic carbocycles. The lowest BCUT2D eigenvalue weighted by Gasteiger charge is -2.34. The SMILES string of the molecule is O=C(NC1CCN([C@H]2CCOC2=O)CC1)c1cccs1. The Hall–Kier alpha value is -1.40. The van der Waals surface area contributed by atoms with Crippen LogP contribution in [-0.4, -0.2) is 48.6 Å². The lowest BCUT2D eigenvalue weighted by Crippen LogP contribution is -2.49. The van der Waals surface area contributed by atoms with Crippen LogP contribution in [0.4, 0.5) is 0 Å². The summed E-state index contributed by atoms with van der Waals surface area (Å²) in [6, 6.07) is 3.86. The maximum Gasteiger partial charge on any atom is 0.323 e. The van der Waals surface area contributed by atoms with Gasteiger partial charge in [-0.25, -0.2) is 0 Å². The molecular weight excluding hydrogens is 276 g/mol. The summed E-state index contributed by atoms with van der Waals surface area (Å²) in [6.45, 7) is 2.23. The van der Waals surface area contributed by atoms with E-state index in [1.807, 2.05) is 17.5 Å². The van der Waals surface area contributed by atoms with Crippen molar-refractivity contribution in [1.29, 1.82) is 0 Å². The summed E-state index contributed by atoms with van der Waals surface area (Å²) in [7, 11) is 0. The molecule has 1 amide bonds. The molecule has 1 aromatic heterocycles. The molecule has 1 atom stereocenters. The first-order chi connectivity index (χ1) is 9.74. The summed E-state index contributed by atoms with van der Waals surface area (Å²) >= 11 is 1.46. The van der Waals surface area contributed by atoms with Gasteiger partial charge in [-0.15, -0.1) is 11.3 Å². The van der Waals surface area contributed by atoms with Crippen molar-refractivity contribution in [3.63, 3.8) is 0 Å². The highest BCUT2D eigenvalue weighted by Gasteiger charge is 2.34. The minimum absolute atomic E-state index is 0.0127. The van der Waals surface area contributed by atoms with Gasteiger partial charge in [0.25, 0.3) is 5.91 Å². The van der Waals surface area contributed by atoms with Crippen molar-refractivity contribution in [2.45, 2.75) is 31.3 Å². The van der Waals surface area contributed by atoms with Crippen molar-refractivity contribution in [1.82, 2.24) is 10.2 Å². The summed E-state index contributed by atoms with van der Waals surface area (Å²) in [5, 5.41) is 4.98. The molecule has 5 nitrogen and oxygen atoms in total. The maximum absolute atomic E-state index is 12.0. The van der Waals surface area contributed by atoms with Crippen LogP contribution in [0.1, 0.15) is 28.9 Å². The van der Waals surface area contributed by atoms with Crippen molar-refractivity contribution in [3.8, 4) is 0 Å². The van der Waals surface area contributed by atoms with Crippen LogP contribution in [0.2, 0.25) is 0 Å². The second-order valence-corrected chi connectivity index (χ2v) is 6.18. The van der Waals surface area contributed by atoms with Gasteiger partial charge in [-0.05, 0) is 24.3 Å². The molecule has 2 saturated heterocycles. The third-order valence-corrected chi connectivity index (χ3v) is 4.83. The Balaban J connectivity index is 1.49. The van der Waals surface area contributed by atoms with Crippen LogP contribution in [0.15, 0.2) is 17.5 Å². The molecule has 0 saturated carbocycles. The number of esters is 1. The average molecular weight is 294 g/mol. The van der Waals surface area contributed by atoms with Gasteiger partial charge in [0, 0.05) is 25.6 Å². The van der Waals surface area contributed by atoms with E-state index in [1.165, 1.54) is 11.3 Å². The smallest absolute Gasteiger partial charge is 0.323 e. The molecule has 0 spiro atoms. The van der Waals surface area contributed by atoms with E-state index in [2.05, 4.69) is 10.2 Å². The van der Waals surface area contributed by atoms with E-state index in [1.54, 1.807) is 0 Å². The van der Waals surface area contributed by atoms with Crippen LogP contribution in [0, 0.1) is 0 Å². The molecule has 0 bridgehead atoms. The van der Waals surface area contributed by atoms with Gasteiger partial charge in [-0.2, -0.15) is 0 Å². The normalized spacial score (nSPS) is 24.6. The molecule has 2 aliphatic heterocycles. The van der Waals surface area contributed by atoms with Crippen molar-refractivity contribution < 1.29 is 14.3 Å². The number of hydrogen-bond acceptors (Lipinski definition) is 5. The molecule has 108 valence electrons. The first-order valence-electron chi connectivity index (χ1n) is 6.99. The maximum atomic E-state index is 12.0. The predicted molar refractivity (Wildman–Crippen MR) is 75.7 cm³/mol. The standard InChI is InChI=1S/C14H18N2O3S/c17-13(12-2-1-9-20-12)15-10-3-6-16(7-4-10)11-5-8-19-14(11)18/h1-2,9-11H,3-8H2,(H,15,17)/t11-/m0/s1. The van der Waals surface area contributed by atoms with Gasteiger partial charge in [0.2, 0.25) is 0 Å². The third kappa shape index (κ3) is 2.86. The zero-order valence-electron chi connectivity index (χ0n) is 11.2. The number of rotatable bonds is 3. The third-order valence-electron chi connectivity index (χ3n) is 3.96. The molecule has 0 radical (unpaired) electrons. The Kier molecular flexibility index (Phi) is 4.03. The molecule has 0 aliphatic carbocycles. The monoisotopic (exact) mass is 294 g/mol. The minimum Gasteiger partial charge on any atom is -0.464 e. The molecule has 1 N–H and O–H groups in total. The van der Waals surface area contributed by atoms with E-state index in [0.29, 0.717) is 6.61 Å². The van der Waals surface area contributed by atoms with Crippen molar-refractivity contribution >= 4 is 23.2 Å². The Morgan fingerprint density at radius 2 is 2.15 bits per heavy atom. The second-order valence-electron chi connectivity index (χ2n) is 5.23. The number of piperidine rings is 1. The minimum atomic E-state index is -0.0916. The molecule has 6 heteroatoms. The molecule has 3 rings (SSSR count). The topological polar surface area (TPSA) is 58.6 Å². The van der Waals surface area contributed by atoms with Gasteiger partial charge < -0.3 is 10.1 Å². The fraction of sp³-hybridized carbons (Fsp3) is 0.571. The number of hydrogen-bond donors (Lipinski definition) is 1. The molecule has 2 aliphatic rings. The van der Waals surface area contributed by atoms with Crippen LogP contribution in [0.3, 0.4) is 0 Å². The van der Waals surface area contributed by atoms with E-state index in [0.717, 1.165) is 37.2 Å². The number of ether oxygens (including phenoxy) is 1. The summed E-state index contributed by atoms with van der Waals surface area (Å²) in [6.07, 6.45) is 2.58. The molecule has 20 heavy (non-hydrogen) atoms. The van der Waals surface area contributed by atoms with E-state index in [4.69, 9.17) is 4.74 Å².